The Kier molecular flexibility index (Phi) is 7.20. The Hall–Kier alpha value is -2.73. The second-order valence-electron chi connectivity index (χ2n) is 9.52. The van der Waals surface area contributed by atoms with Gasteiger partial charge in [-0.15, -0.1) is 0 Å². The molecule has 35 heavy (non-hydrogen) atoms. The largest absolute Gasteiger partial charge is 0.444 e. The van der Waals surface area contributed by atoms with Crippen molar-refractivity contribution in [2.24, 2.45) is 0 Å². The van der Waals surface area contributed by atoms with Gasteiger partial charge in [0.15, 0.2) is 0 Å². The zero-order valence-corrected chi connectivity index (χ0v) is 20.3. The Labute approximate surface area is 200 Å². The predicted octanol–water partition coefficient (Wildman–Crippen LogP) is 5.12. The van der Waals surface area contributed by atoms with Crippen molar-refractivity contribution in [3.63, 3.8) is 0 Å². The van der Waals surface area contributed by atoms with Gasteiger partial charge in [0.25, 0.3) is 5.92 Å². The molecule has 3 rings (SSSR count). The molecule has 192 valence electrons. The first-order valence-corrected chi connectivity index (χ1v) is 12.6. The summed E-state index contributed by atoms with van der Waals surface area (Å²) >= 11 is 0. The van der Waals surface area contributed by atoms with Crippen LogP contribution in [0.25, 0.3) is 11.1 Å². The van der Waals surface area contributed by atoms with Crippen molar-refractivity contribution >= 4 is 16.0 Å². The second kappa shape index (κ2) is 9.38. The molecule has 1 fully saturated rings. The van der Waals surface area contributed by atoms with Crippen LogP contribution in [0.1, 0.15) is 26.3 Å². The molecular formula is C23H26F5N3O3S. The number of nitrogens with one attached hydrogen (secondary N) is 2. The van der Waals surface area contributed by atoms with Gasteiger partial charge in [0, 0.05) is 17.9 Å². The molecule has 1 aliphatic rings. The van der Waals surface area contributed by atoms with Gasteiger partial charge in [-0.05, 0) is 50.5 Å². The van der Waals surface area contributed by atoms with E-state index in [1.165, 1.54) is 18.2 Å². The fraction of sp³-hybridized carbons (Fsp3) is 0.435. The topological polar surface area (TPSA) is 82.5 Å². The molecule has 3 atom stereocenters. The molecule has 1 saturated heterocycles. The van der Waals surface area contributed by atoms with Gasteiger partial charge in [0.1, 0.15) is 39.0 Å². The van der Waals surface area contributed by atoms with Gasteiger partial charge in [-0.3, -0.25) is 4.90 Å². The van der Waals surface area contributed by atoms with Crippen molar-refractivity contribution in [1.82, 2.24) is 9.62 Å². The fourth-order valence-corrected chi connectivity index (χ4v) is 4.77. The van der Waals surface area contributed by atoms with Crippen LogP contribution in [0, 0.1) is 22.2 Å². The van der Waals surface area contributed by atoms with Crippen molar-refractivity contribution < 1.29 is 35.7 Å². The normalized spacial score (nSPS) is 21.6. The van der Waals surface area contributed by atoms with Crippen LogP contribution in [0.2, 0.25) is 0 Å². The third-order valence-electron chi connectivity index (χ3n) is 5.28. The second-order valence-corrected chi connectivity index (χ2v) is 11.4. The number of hydrogen-bond donors (Lipinski definition) is 2. The van der Waals surface area contributed by atoms with Gasteiger partial charge in [-0.25, -0.2) is 40.5 Å². The number of rotatable bonds is 5. The molecule has 2 aromatic rings. The minimum Gasteiger partial charge on any atom is -0.444 e. The van der Waals surface area contributed by atoms with E-state index in [0.29, 0.717) is 6.07 Å². The molecule has 0 radical (unpaired) electrons. The van der Waals surface area contributed by atoms with Gasteiger partial charge < -0.3 is 4.74 Å². The Balaban J connectivity index is 2.05. The summed E-state index contributed by atoms with van der Waals surface area (Å²) in [5.41, 5.74) is -1.40. The van der Waals surface area contributed by atoms with E-state index in [2.05, 4.69) is 4.72 Å². The summed E-state index contributed by atoms with van der Waals surface area (Å²) in [5.74, 6) is -6.37. The van der Waals surface area contributed by atoms with Gasteiger partial charge in [-0.1, -0.05) is 18.2 Å². The van der Waals surface area contributed by atoms with Gasteiger partial charge in [0.05, 0.1) is 12.6 Å². The molecule has 1 amide bonds. The SMILES string of the molecule is CC(C)(C)OC(=O)N1CC(F)(F)[C@H](NS(C)(=N)=O)[C@@H]1Cc1cccc(-c2cc(F)cc(F)c2)c1F. The maximum atomic E-state index is 15.5. The number of hydrogen-bond acceptors (Lipinski definition) is 4. The van der Waals surface area contributed by atoms with E-state index in [1.54, 1.807) is 20.8 Å². The van der Waals surface area contributed by atoms with E-state index in [0.717, 1.165) is 23.3 Å². The molecule has 1 heterocycles. The third kappa shape index (κ3) is 6.49. The molecule has 6 nitrogen and oxygen atoms in total. The van der Waals surface area contributed by atoms with Gasteiger partial charge in [0.2, 0.25) is 0 Å². The van der Waals surface area contributed by atoms with Gasteiger partial charge in [-0.2, -0.15) is 0 Å². The molecule has 12 heteroatoms. The van der Waals surface area contributed by atoms with Crippen molar-refractivity contribution in [3.05, 3.63) is 59.4 Å². The number of halogens is 5. The molecule has 2 aromatic carbocycles. The number of carbonyl (C=O) groups is 1. The molecule has 2 N–H and O–H groups in total. The standard InChI is InChI=1S/C23H26F5N3O3S/c1-22(2,3)34-21(32)31-12-23(27,28)20(30-35(4,29)33)18(31)10-13-6-5-7-17(19(13)26)14-8-15(24)11-16(25)9-14/h5-9,11,18,20H,10,12H2,1-4H3,(H2,29,30,33)/t18-,20+,35?/m0/s1. The summed E-state index contributed by atoms with van der Waals surface area (Å²) in [7, 11) is -3.64. The summed E-state index contributed by atoms with van der Waals surface area (Å²) in [6.45, 7) is 3.55. The lowest BCUT2D eigenvalue weighted by atomic mass is 9.95. The molecule has 1 aliphatic heterocycles. The van der Waals surface area contributed by atoms with Gasteiger partial charge >= 0.3 is 6.09 Å². The zero-order chi connectivity index (χ0) is 26.3. The summed E-state index contributed by atoms with van der Waals surface area (Å²) in [6.07, 6.45) is -0.641. The molecule has 0 aliphatic carbocycles. The number of benzene rings is 2. The Morgan fingerprint density at radius 2 is 1.80 bits per heavy atom. The van der Waals surface area contributed by atoms with E-state index in [4.69, 9.17) is 9.52 Å². The first-order chi connectivity index (χ1) is 16.0. The third-order valence-corrected chi connectivity index (χ3v) is 5.99. The highest BCUT2D eigenvalue weighted by molar-refractivity contribution is 7.89. The van der Waals surface area contributed by atoms with Crippen molar-refractivity contribution in [2.75, 3.05) is 12.8 Å². The Morgan fingerprint density at radius 1 is 1.20 bits per heavy atom. The summed E-state index contributed by atoms with van der Waals surface area (Å²) < 4.78 is 99.7. The summed E-state index contributed by atoms with van der Waals surface area (Å²) in [5, 5.41) is 0. The molecular weight excluding hydrogens is 493 g/mol. The van der Waals surface area contributed by atoms with Crippen LogP contribution in [-0.4, -0.2) is 51.6 Å². The monoisotopic (exact) mass is 519 g/mol. The fourth-order valence-electron chi connectivity index (χ4n) is 3.95. The number of carbonyl (C=O) groups excluding carboxylic acids is 1. The minimum absolute atomic E-state index is 0.0972. The van der Waals surface area contributed by atoms with E-state index < -0.39 is 70.0 Å². The maximum Gasteiger partial charge on any atom is 0.410 e. The average molecular weight is 520 g/mol. The first-order valence-electron chi connectivity index (χ1n) is 10.6. The molecule has 0 bridgehead atoms. The van der Waals surface area contributed by atoms with Crippen molar-refractivity contribution in [2.45, 2.75) is 50.8 Å². The Morgan fingerprint density at radius 3 is 2.34 bits per heavy atom. The molecule has 0 spiro atoms. The molecule has 0 saturated carbocycles. The zero-order valence-electron chi connectivity index (χ0n) is 19.5. The lowest BCUT2D eigenvalue weighted by Gasteiger charge is -2.30. The number of amides is 1. The lowest BCUT2D eigenvalue weighted by molar-refractivity contribution is -0.0121. The first kappa shape index (κ1) is 26.9. The average Bonchev–Trinajstić information content (AvgIpc) is 2.91. The highest BCUT2D eigenvalue weighted by Gasteiger charge is 2.57. The van der Waals surface area contributed by atoms with Crippen LogP contribution in [0.15, 0.2) is 36.4 Å². The smallest absolute Gasteiger partial charge is 0.410 e. The van der Waals surface area contributed by atoms with Crippen LogP contribution in [-0.2, 0) is 21.1 Å². The van der Waals surface area contributed by atoms with E-state index in [-0.39, 0.29) is 16.7 Å². The number of alkyl halides is 2. The number of likely N-dealkylation sites (tertiary alicyclic amines) is 1. The predicted molar refractivity (Wildman–Crippen MR) is 121 cm³/mol. The molecule has 0 aromatic heterocycles. The van der Waals surface area contributed by atoms with Crippen LogP contribution < -0.4 is 4.72 Å². The van der Waals surface area contributed by atoms with Crippen LogP contribution in [0.5, 0.6) is 0 Å². The highest BCUT2D eigenvalue weighted by Crippen LogP contribution is 2.37. The minimum atomic E-state index is -3.64. The van der Waals surface area contributed by atoms with Crippen molar-refractivity contribution in [1.29, 1.82) is 4.78 Å². The lowest BCUT2D eigenvalue weighted by Crippen LogP contribution is -2.52. The van der Waals surface area contributed by atoms with Crippen LogP contribution >= 0.6 is 0 Å². The maximum absolute atomic E-state index is 15.5. The number of ether oxygens (including phenoxy) is 1. The quantitative estimate of drug-likeness (QED) is 0.538. The summed E-state index contributed by atoms with van der Waals surface area (Å²) in [6, 6.07) is 3.05. The van der Waals surface area contributed by atoms with Crippen LogP contribution in [0.3, 0.4) is 0 Å². The summed E-state index contributed by atoms with van der Waals surface area (Å²) in [4.78, 5) is 13.5. The van der Waals surface area contributed by atoms with Crippen molar-refractivity contribution in [3.8, 4) is 11.1 Å². The highest BCUT2D eigenvalue weighted by atomic mass is 32.2. The number of nitrogens with zero attached hydrogens (tertiary/aromatic N) is 1. The molecule has 1 unspecified atom stereocenters. The van der Waals surface area contributed by atoms with E-state index in [1.807, 2.05) is 0 Å². The van der Waals surface area contributed by atoms with Crippen LogP contribution in [0.4, 0.5) is 26.7 Å². The van der Waals surface area contributed by atoms with E-state index >= 15 is 4.39 Å². The van der Waals surface area contributed by atoms with E-state index in [9.17, 15) is 26.6 Å². The Bertz CT molecular complexity index is 1210.